The van der Waals surface area contributed by atoms with E-state index in [4.69, 9.17) is 9.47 Å². The van der Waals surface area contributed by atoms with E-state index in [1.165, 1.54) is 0 Å². The average Bonchev–Trinajstić information content (AvgIpc) is 3.07. The van der Waals surface area contributed by atoms with Gasteiger partial charge in [-0.05, 0) is 37.9 Å². The quantitative estimate of drug-likeness (QED) is 0.778. The van der Waals surface area contributed by atoms with Crippen LogP contribution in [0, 0.1) is 0 Å². The number of amides is 1. The first kappa shape index (κ1) is 17.0. The molecule has 0 saturated carbocycles. The van der Waals surface area contributed by atoms with E-state index < -0.39 is 0 Å². The van der Waals surface area contributed by atoms with E-state index in [0.29, 0.717) is 30.5 Å². The molecular formula is C17H21N5O3. The first-order chi connectivity index (χ1) is 12.1. The van der Waals surface area contributed by atoms with Gasteiger partial charge in [-0.15, -0.1) is 0 Å². The third-order valence-corrected chi connectivity index (χ3v) is 3.62. The van der Waals surface area contributed by atoms with Crippen molar-refractivity contribution < 1.29 is 14.3 Å². The first-order valence-corrected chi connectivity index (χ1v) is 8.00. The monoisotopic (exact) mass is 343 g/mol. The van der Waals surface area contributed by atoms with E-state index in [1.807, 2.05) is 32.3 Å². The standard InChI is InChI=1S/C17H21N5O3/c1-22(2)8-7-19-17-18-6-5-13(21-17)16(23)20-10-12-3-4-14-15(9-12)25-11-24-14/h3-6,9H,7-8,10-11H2,1-2H3,(H,20,23)(H,18,19,21). The Morgan fingerprint density at radius 1 is 1.24 bits per heavy atom. The zero-order chi connectivity index (χ0) is 17.6. The van der Waals surface area contributed by atoms with Crippen LogP contribution >= 0.6 is 0 Å². The van der Waals surface area contributed by atoms with Gasteiger partial charge in [0.2, 0.25) is 12.7 Å². The van der Waals surface area contributed by atoms with Crippen LogP contribution in [0.3, 0.4) is 0 Å². The third-order valence-electron chi connectivity index (χ3n) is 3.62. The minimum absolute atomic E-state index is 0.232. The van der Waals surface area contributed by atoms with Crippen molar-refractivity contribution in [1.82, 2.24) is 20.2 Å². The molecule has 2 aromatic rings. The summed E-state index contributed by atoms with van der Waals surface area (Å²) in [5.74, 6) is 1.61. The van der Waals surface area contributed by atoms with Crippen LogP contribution in [0.1, 0.15) is 16.1 Å². The summed E-state index contributed by atoms with van der Waals surface area (Å²) in [6.07, 6.45) is 1.57. The molecule has 3 rings (SSSR count). The van der Waals surface area contributed by atoms with Crippen LogP contribution in [-0.2, 0) is 6.54 Å². The number of rotatable bonds is 7. The lowest BCUT2D eigenvalue weighted by molar-refractivity contribution is 0.0946. The average molecular weight is 343 g/mol. The summed E-state index contributed by atoms with van der Waals surface area (Å²) in [6, 6.07) is 7.17. The number of carbonyl (C=O) groups excluding carboxylic acids is 1. The van der Waals surface area contributed by atoms with Gasteiger partial charge in [-0.25, -0.2) is 9.97 Å². The van der Waals surface area contributed by atoms with Crippen molar-refractivity contribution in [1.29, 1.82) is 0 Å². The minimum atomic E-state index is -0.254. The highest BCUT2D eigenvalue weighted by atomic mass is 16.7. The van der Waals surface area contributed by atoms with Crippen molar-refractivity contribution in [3.05, 3.63) is 41.7 Å². The Labute approximate surface area is 146 Å². The Morgan fingerprint density at radius 3 is 2.92 bits per heavy atom. The van der Waals surface area contributed by atoms with Crippen LogP contribution in [0.2, 0.25) is 0 Å². The molecule has 1 aromatic carbocycles. The second kappa shape index (κ2) is 7.80. The molecule has 8 heteroatoms. The van der Waals surface area contributed by atoms with Gasteiger partial charge in [0.05, 0.1) is 0 Å². The molecule has 2 N–H and O–H groups in total. The lowest BCUT2D eigenvalue weighted by Crippen LogP contribution is -2.25. The topological polar surface area (TPSA) is 88.6 Å². The minimum Gasteiger partial charge on any atom is -0.454 e. The van der Waals surface area contributed by atoms with Gasteiger partial charge in [-0.3, -0.25) is 4.79 Å². The molecule has 0 saturated heterocycles. The summed E-state index contributed by atoms with van der Waals surface area (Å²) >= 11 is 0. The van der Waals surface area contributed by atoms with Crippen LogP contribution in [0.5, 0.6) is 11.5 Å². The van der Waals surface area contributed by atoms with Crippen molar-refractivity contribution in [2.45, 2.75) is 6.54 Å². The predicted molar refractivity (Wildman–Crippen MR) is 92.8 cm³/mol. The molecule has 1 aromatic heterocycles. The number of hydrogen-bond donors (Lipinski definition) is 2. The summed E-state index contributed by atoms with van der Waals surface area (Å²) in [5, 5.41) is 5.95. The molecule has 132 valence electrons. The maximum absolute atomic E-state index is 12.3. The molecule has 2 heterocycles. The van der Waals surface area contributed by atoms with Crippen LogP contribution in [0.4, 0.5) is 5.95 Å². The normalized spacial score (nSPS) is 12.3. The van der Waals surface area contributed by atoms with Gasteiger partial charge >= 0.3 is 0 Å². The molecule has 0 atom stereocenters. The van der Waals surface area contributed by atoms with E-state index in [-0.39, 0.29) is 12.7 Å². The van der Waals surface area contributed by atoms with Crippen LogP contribution in [-0.4, -0.2) is 54.8 Å². The highest BCUT2D eigenvalue weighted by Gasteiger charge is 2.14. The Balaban J connectivity index is 1.56. The SMILES string of the molecule is CN(C)CCNc1nccc(C(=O)NCc2ccc3c(c2)OCO3)n1. The van der Waals surface area contributed by atoms with Crippen molar-refractivity contribution in [2.75, 3.05) is 39.3 Å². The zero-order valence-electron chi connectivity index (χ0n) is 14.3. The van der Waals surface area contributed by atoms with Crippen molar-refractivity contribution in [3.8, 4) is 11.5 Å². The predicted octanol–water partition coefficient (Wildman–Crippen LogP) is 1.11. The number of anilines is 1. The molecule has 0 unspecified atom stereocenters. The number of nitrogens with zero attached hydrogens (tertiary/aromatic N) is 3. The van der Waals surface area contributed by atoms with E-state index in [1.54, 1.807) is 12.3 Å². The fourth-order valence-corrected chi connectivity index (χ4v) is 2.29. The van der Waals surface area contributed by atoms with Gasteiger partial charge in [-0.1, -0.05) is 6.07 Å². The van der Waals surface area contributed by atoms with Crippen molar-refractivity contribution in [2.24, 2.45) is 0 Å². The number of ether oxygens (including phenoxy) is 2. The summed E-state index contributed by atoms with van der Waals surface area (Å²) in [6.45, 7) is 2.16. The number of nitrogens with one attached hydrogen (secondary N) is 2. The Bertz CT molecular complexity index is 751. The zero-order valence-corrected chi connectivity index (χ0v) is 14.3. The van der Waals surface area contributed by atoms with E-state index in [0.717, 1.165) is 17.9 Å². The Hall–Kier alpha value is -2.87. The third kappa shape index (κ3) is 4.57. The lowest BCUT2D eigenvalue weighted by atomic mass is 10.2. The van der Waals surface area contributed by atoms with Gasteiger partial charge in [0.25, 0.3) is 5.91 Å². The Morgan fingerprint density at radius 2 is 2.08 bits per heavy atom. The number of fused-ring (bicyclic) bond motifs is 1. The maximum atomic E-state index is 12.3. The van der Waals surface area contributed by atoms with Crippen LogP contribution in [0.25, 0.3) is 0 Å². The highest BCUT2D eigenvalue weighted by Crippen LogP contribution is 2.32. The lowest BCUT2D eigenvalue weighted by Gasteiger charge is -2.11. The molecule has 0 aliphatic carbocycles. The van der Waals surface area contributed by atoms with Gasteiger partial charge in [-0.2, -0.15) is 0 Å². The number of likely N-dealkylation sites (N-methyl/N-ethyl adjacent to an activating group) is 1. The number of carbonyl (C=O) groups is 1. The van der Waals surface area contributed by atoms with Crippen LogP contribution < -0.4 is 20.1 Å². The smallest absolute Gasteiger partial charge is 0.270 e. The van der Waals surface area contributed by atoms with Crippen molar-refractivity contribution >= 4 is 11.9 Å². The molecule has 0 fully saturated rings. The second-order valence-corrected chi connectivity index (χ2v) is 5.87. The number of aromatic nitrogens is 2. The Kier molecular flexibility index (Phi) is 5.30. The van der Waals surface area contributed by atoms with Gasteiger partial charge < -0.3 is 25.0 Å². The summed E-state index contributed by atoms with van der Waals surface area (Å²) in [7, 11) is 3.98. The molecule has 25 heavy (non-hydrogen) atoms. The fourth-order valence-electron chi connectivity index (χ4n) is 2.29. The largest absolute Gasteiger partial charge is 0.454 e. The van der Waals surface area contributed by atoms with Gasteiger partial charge in [0.15, 0.2) is 11.5 Å². The molecular weight excluding hydrogens is 322 g/mol. The molecule has 8 nitrogen and oxygen atoms in total. The first-order valence-electron chi connectivity index (χ1n) is 8.00. The molecule has 0 bridgehead atoms. The number of hydrogen-bond acceptors (Lipinski definition) is 7. The van der Waals surface area contributed by atoms with E-state index in [9.17, 15) is 4.79 Å². The van der Waals surface area contributed by atoms with Crippen LogP contribution in [0.15, 0.2) is 30.5 Å². The summed E-state index contributed by atoms with van der Waals surface area (Å²) < 4.78 is 10.6. The summed E-state index contributed by atoms with van der Waals surface area (Å²) in [5.41, 5.74) is 1.25. The highest BCUT2D eigenvalue weighted by molar-refractivity contribution is 5.92. The maximum Gasteiger partial charge on any atom is 0.270 e. The molecule has 1 amide bonds. The molecule has 1 aliphatic rings. The summed E-state index contributed by atoms with van der Waals surface area (Å²) in [4.78, 5) is 22.7. The van der Waals surface area contributed by atoms with E-state index >= 15 is 0 Å². The molecule has 1 aliphatic heterocycles. The second-order valence-electron chi connectivity index (χ2n) is 5.87. The fraction of sp³-hybridized carbons (Fsp3) is 0.353. The van der Waals surface area contributed by atoms with Crippen molar-refractivity contribution in [3.63, 3.8) is 0 Å². The molecule has 0 radical (unpaired) electrons. The molecule has 0 spiro atoms. The van der Waals surface area contributed by atoms with Gasteiger partial charge in [0.1, 0.15) is 5.69 Å². The van der Waals surface area contributed by atoms with Gasteiger partial charge in [0, 0.05) is 25.8 Å². The van der Waals surface area contributed by atoms with E-state index in [2.05, 4.69) is 25.5 Å². The number of benzene rings is 1.